The maximum Gasteiger partial charge on any atom is 0.242 e. The van der Waals surface area contributed by atoms with Crippen LogP contribution in [0, 0.1) is 0 Å². The molecule has 0 aliphatic rings. The molecule has 1 atom stereocenters. The zero-order chi connectivity index (χ0) is 20.0. The lowest BCUT2D eigenvalue weighted by atomic mass is 10.2. The molecular weight excluding hydrogens is 451 g/mol. The summed E-state index contributed by atoms with van der Waals surface area (Å²) in [6, 6.07) is 9.73. The molecule has 0 radical (unpaired) electrons. The largest absolute Gasteiger partial charge is 0.325 e. The third-order valence-corrected chi connectivity index (χ3v) is 6.57. The zero-order valence-corrected chi connectivity index (χ0v) is 18.1. The normalized spacial score (nSPS) is 12.6. The first kappa shape index (κ1) is 22.3. The summed E-state index contributed by atoms with van der Waals surface area (Å²) in [6.07, 6.45) is 2.17. The first-order chi connectivity index (χ1) is 12.7. The molecule has 0 saturated heterocycles. The topological polar surface area (TPSA) is 75.3 Å². The average molecular weight is 468 g/mol. The van der Waals surface area contributed by atoms with Crippen molar-refractivity contribution in [2.24, 2.45) is 0 Å². The molecule has 2 N–H and O–H groups in total. The Morgan fingerprint density at radius 2 is 1.81 bits per heavy atom. The molecule has 0 fully saturated rings. The molecule has 0 aliphatic carbocycles. The van der Waals surface area contributed by atoms with Crippen LogP contribution in [0.2, 0.25) is 15.1 Å². The van der Waals surface area contributed by atoms with Crippen molar-refractivity contribution in [1.82, 2.24) is 4.72 Å². The summed E-state index contributed by atoms with van der Waals surface area (Å²) in [7, 11) is -4.05. The minimum Gasteiger partial charge on any atom is -0.325 e. The molecule has 0 spiro atoms. The second-order valence-corrected chi connectivity index (χ2v) is 9.48. The number of thioether (sulfide) groups is 1. The predicted molar refractivity (Wildman–Crippen MR) is 114 cm³/mol. The maximum absolute atomic E-state index is 12.7. The van der Waals surface area contributed by atoms with E-state index in [0.29, 0.717) is 22.9 Å². The molecule has 2 aromatic rings. The molecule has 146 valence electrons. The van der Waals surface area contributed by atoms with Gasteiger partial charge in [0.1, 0.15) is 10.9 Å². The van der Waals surface area contributed by atoms with E-state index in [9.17, 15) is 13.2 Å². The number of carbonyl (C=O) groups is 1. The third kappa shape index (κ3) is 6.55. The first-order valence-corrected chi connectivity index (χ1v) is 11.8. The highest BCUT2D eigenvalue weighted by Crippen LogP contribution is 2.25. The van der Waals surface area contributed by atoms with E-state index < -0.39 is 22.0 Å². The number of nitrogens with one attached hydrogen (secondary N) is 2. The lowest BCUT2D eigenvalue weighted by Crippen LogP contribution is -2.44. The Hall–Kier alpha value is -0.960. The lowest BCUT2D eigenvalue weighted by Gasteiger charge is -2.19. The summed E-state index contributed by atoms with van der Waals surface area (Å²) in [5.41, 5.74) is 0.474. The maximum atomic E-state index is 12.7. The van der Waals surface area contributed by atoms with Gasteiger partial charge in [0.25, 0.3) is 0 Å². The van der Waals surface area contributed by atoms with Crippen molar-refractivity contribution in [3.63, 3.8) is 0 Å². The summed E-state index contributed by atoms with van der Waals surface area (Å²) >= 11 is 19.3. The molecule has 0 heterocycles. The number of anilines is 1. The summed E-state index contributed by atoms with van der Waals surface area (Å²) in [4.78, 5) is 12.5. The number of carbonyl (C=O) groups excluding carboxylic acids is 1. The van der Waals surface area contributed by atoms with Crippen LogP contribution in [0.5, 0.6) is 0 Å². The van der Waals surface area contributed by atoms with Gasteiger partial charge in [0.2, 0.25) is 15.9 Å². The molecule has 1 amide bonds. The molecule has 0 bridgehead atoms. The molecule has 5 nitrogen and oxygen atoms in total. The Bertz CT molecular complexity index is 923. The van der Waals surface area contributed by atoms with Crippen molar-refractivity contribution < 1.29 is 13.2 Å². The van der Waals surface area contributed by atoms with Crippen LogP contribution >= 0.6 is 46.6 Å². The van der Waals surface area contributed by atoms with E-state index in [1.165, 1.54) is 30.0 Å². The van der Waals surface area contributed by atoms with E-state index in [4.69, 9.17) is 34.8 Å². The van der Waals surface area contributed by atoms with E-state index in [1.807, 2.05) is 6.26 Å². The number of halogens is 3. The van der Waals surface area contributed by atoms with Gasteiger partial charge < -0.3 is 5.32 Å². The predicted octanol–water partition coefficient (Wildman–Crippen LogP) is 4.69. The second-order valence-electron chi connectivity index (χ2n) is 5.53. The standard InChI is InChI=1S/C17H17Cl3N2O3S2/c1-26-8-7-15(17(23)21-13-4-2-3-11(18)9-13)22-27(24,25)16-10-12(19)5-6-14(16)20/h2-6,9-10,15,22H,7-8H2,1H3,(H,21,23). The van der Waals surface area contributed by atoms with Gasteiger partial charge in [0.15, 0.2) is 0 Å². The number of amides is 1. The first-order valence-electron chi connectivity index (χ1n) is 7.75. The van der Waals surface area contributed by atoms with Crippen molar-refractivity contribution in [2.75, 3.05) is 17.3 Å². The summed E-state index contributed by atoms with van der Waals surface area (Å²) in [5, 5.41) is 3.38. The molecule has 0 aliphatic heterocycles. The van der Waals surface area contributed by atoms with E-state index in [0.717, 1.165) is 0 Å². The SMILES string of the molecule is CSCCC(NS(=O)(=O)c1cc(Cl)ccc1Cl)C(=O)Nc1cccc(Cl)c1. The van der Waals surface area contributed by atoms with E-state index in [1.54, 1.807) is 24.3 Å². The van der Waals surface area contributed by atoms with Gasteiger partial charge in [-0.15, -0.1) is 0 Å². The molecule has 2 aromatic carbocycles. The third-order valence-electron chi connectivity index (χ3n) is 3.50. The van der Waals surface area contributed by atoms with Crippen molar-refractivity contribution in [1.29, 1.82) is 0 Å². The smallest absolute Gasteiger partial charge is 0.242 e. The fourth-order valence-electron chi connectivity index (χ4n) is 2.21. The lowest BCUT2D eigenvalue weighted by molar-refractivity contribution is -0.117. The summed E-state index contributed by atoms with van der Waals surface area (Å²) in [5.74, 6) is 0.0902. The zero-order valence-electron chi connectivity index (χ0n) is 14.2. The minimum absolute atomic E-state index is 0.0192. The van der Waals surface area contributed by atoms with E-state index >= 15 is 0 Å². The number of rotatable bonds is 8. The monoisotopic (exact) mass is 466 g/mol. The molecular formula is C17H17Cl3N2O3S2. The Morgan fingerprint density at radius 3 is 2.48 bits per heavy atom. The van der Waals surface area contributed by atoms with Crippen LogP contribution in [0.3, 0.4) is 0 Å². The van der Waals surface area contributed by atoms with Gasteiger partial charge in [-0.25, -0.2) is 8.42 Å². The quantitative estimate of drug-likeness (QED) is 0.591. The van der Waals surface area contributed by atoms with E-state index in [-0.39, 0.29) is 14.9 Å². The Labute approximate surface area is 177 Å². The average Bonchev–Trinajstić information content (AvgIpc) is 2.60. The number of sulfonamides is 1. The number of benzene rings is 2. The summed E-state index contributed by atoms with van der Waals surface area (Å²) in [6.45, 7) is 0. The van der Waals surface area contributed by atoms with Gasteiger partial charge in [-0.2, -0.15) is 16.5 Å². The molecule has 10 heteroatoms. The van der Waals surface area contributed by atoms with Gasteiger partial charge in [-0.05, 0) is 54.8 Å². The molecule has 2 rings (SSSR count). The molecule has 1 unspecified atom stereocenters. The van der Waals surface area contributed by atoms with Crippen LogP contribution < -0.4 is 10.0 Å². The number of hydrogen-bond acceptors (Lipinski definition) is 4. The van der Waals surface area contributed by atoms with Gasteiger partial charge in [-0.3, -0.25) is 4.79 Å². The molecule has 0 aromatic heterocycles. The Morgan fingerprint density at radius 1 is 1.11 bits per heavy atom. The van der Waals surface area contributed by atoms with E-state index in [2.05, 4.69) is 10.0 Å². The van der Waals surface area contributed by atoms with Crippen LogP contribution in [-0.4, -0.2) is 32.4 Å². The van der Waals surface area contributed by atoms with Crippen molar-refractivity contribution in [3.8, 4) is 0 Å². The Balaban J connectivity index is 2.24. The highest BCUT2D eigenvalue weighted by molar-refractivity contribution is 7.98. The van der Waals surface area contributed by atoms with Gasteiger partial charge in [0.05, 0.1) is 5.02 Å². The van der Waals surface area contributed by atoms with Crippen molar-refractivity contribution in [2.45, 2.75) is 17.4 Å². The van der Waals surface area contributed by atoms with Gasteiger partial charge in [0, 0.05) is 15.7 Å². The minimum atomic E-state index is -4.05. The molecule has 0 saturated carbocycles. The fourth-order valence-corrected chi connectivity index (χ4v) is 4.86. The van der Waals surface area contributed by atoms with Crippen LogP contribution in [-0.2, 0) is 14.8 Å². The van der Waals surface area contributed by atoms with Crippen LogP contribution in [0.15, 0.2) is 47.4 Å². The Kier molecular flexibility index (Phi) is 8.27. The van der Waals surface area contributed by atoms with Crippen molar-refractivity contribution >= 4 is 68.2 Å². The second kappa shape index (κ2) is 10.0. The highest BCUT2D eigenvalue weighted by atomic mass is 35.5. The number of hydrogen-bond donors (Lipinski definition) is 2. The van der Waals surface area contributed by atoms with Crippen LogP contribution in [0.1, 0.15) is 6.42 Å². The van der Waals surface area contributed by atoms with Crippen LogP contribution in [0.25, 0.3) is 0 Å². The fraction of sp³-hybridized carbons (Fsp3) is 0.235. The molecule has 27 heavy (non-hydrogen) atoms. The van der Waals surface area contributed by atoms with Crippen molar-refractivity contribution in [3.05, 3.63) is 57.5 Å². The van der Waals surface area contributed by atoms with Gasteiger partial charge >= 0.3 is 0 Å². The summed E-state index contributed by atoms with van der Waals surface area (Å²) < 4.78 is 27.9. The highest BCUT2D eigenvalue weighted by Gasteiger charge is 2.27. The van der Waals surface area contributed by atoms with Gasteiger partial charge in [-0.1, -0.05) is 40.9 Å². The van der Waals surface area contributed by atoms with Crippen LogP contribution in [0.4, 0.5) is 5.69 Å².